The molecule has 3 aromatic carbocycles. The molecule has 0 fully saturated rings. The highest BCUT2D eigenvalue weighted by atomic mass is 35.5. The predicted molar refractivity (Wildman–Crippen MR) is 129 cm³/mol. The van der Waals surface area contributed by atoms with E-state index in [-0.39, 0.29) is 17.7 Å². The van der Waals surface area contributed by atoms with Gasteiger partial charge in [0.2, 0.25) is 0 Å². The van der Waals surface area contributed by atoms with Crippen LogP contribution < -0.4 is 11.4 Å². The van der Waals surface area contributed by atoms with Gasteiger partial charge in [-0.05, 0) is 54.8 Å². The summed E-state index contributed by atoms with van der Waals surface area (Å²) in [5.41, 5.74) is 7.68. The highest BCUT2D eigenvalue weighted by Gasteiger charge is 2.25. The number of halogens is 2. The number of hydrogen-bond donors (Lipinski definition) is 1. The highest BCUT2D eigenvalue weighted by molar-refractivity contribution is 6.30. The Labute approximate surface area is 195 Å². The first-order valence-corrected chi connectivity index (χ1v) is 10.9. The van der Waals surface area contributed by atoms with Crippen LogP contribution in [-0.2, 0) is 6.42 Å². The maximum Gasteiger partial charge on any atom is 0.349 e. The van der Waals surface area contributed by atoms with Gasteiger partial charge in [-0.3, -0.25) is 9.36 Å². The topological polar surface area (TPSA) is 78.0 Å². The molecule has 32 heavy (non-hydrogen) atoms. The molecule has 1 amide bonds. The molecule has 0 spiro atoms. The molecular formula is C25H21Cl2N3O2. The van der Waals surface area contributed by atoms with E-state index in [2.05, 4.69) is 4.98 Å². The zero-order valence-electron chi connectivity index (χ0n) is 17.3. The molecule has 0 radical (unpaired) electrons. The third-order valence-electron chi connectivity index (χ3n) is 5.72. The fourth-order valence-corrected chi connectivity index (χ4v) is 4.36. The van der Waals surface area contributed by atoms with Crippen molar-refractivity contribution in [2.75, 3.05) is 0 Å². The van der Waals surface area contributed by atoms with Gasteiger partial charge in [0, 0.05) is 27.4 Å². The number of fused-ring (bicyclic) bond motifs is 1. The Hall–Kier alpha value is -3.15. The second kappa shape index (κ2) is 9.15. The van der Waals surface area contributed by atoms with Crippen molar-refractivity contribution >= 4 is 40.0 Å². The SMILES string of the molecule is CC(C(Cc1ccc(Cl)cc1)c1ccc(Cl)cc1)n1c(=O)nc(C(N)=O)c2ccccc21. The number of carbonyl (C=O) groups excluding carboxylic acids is 1. The maximum absolute atomic E-state index is 13.1. The first-order valence-electron chi connectivity index (χ1n) is 10.2. The first-order chi connectivity index (χ1) is 15.3. The largest absolute Gasteiger partial charge is 0.364 e. The van der Waals surface area contributed by atoms with Crippen molar-refractivity contribution in [1.29, 1.82) is 0 Å². The standard InChI is InChI=1S/C25H21Cl2N3O2/c1-15(30-22-5-3-2-4-20(22)23(24(28)31)29-25(30)32)21(17-8-12-19(27)13-9-17)14-16-6-10-18(26)11-7-16/h2-13,15,21H,14H2,1H3,(H2,28,31). The van der Waals surface area contributed by atoms with E-state index in [4.69, 9.17) is 28.9 Å². The van der Waals surface area contributed by atoms with Crippen molar-refractivity contribution in [2.24, 2.45) is 5.73 Å². The summed E-state index contributed by atoms with van der Waals surface area (Å²) in [6.45, 7) is 1.98. The molecule has 2 unspecified atom stereocenters. The molecular weight excluding hydrogens is 445 g/mol. The number of nitrogens with zero attached hydrogens (tertiary/aromatic N) is 2. The van der Waals surface area contributed by atoms with Gasteiger partial charge in [0.15, 0.2) is 0 Å². The summed E-state index contributed by atoms with van der Waals surface area (Å²) >= 11 is 12.2. The summed E-state index contributed by atoms with van der Waals surface area (Å²) in [5.74, 6) is -0.802. The lowest BCUT2D eigenvalue weighted by Crippen LogP contribution is -2.32. The van der Waals surface area contributed by atoms with Gasteiger partial charge < -0.3 is 5.73 Å². The molecule has 0 saturated carbocycles. The molecule has 0 aliphatic rings. The van der Waals surface area contributed by atoms with Gasteiger partial charge >= 0.3 is 5.69 Å². The Bertz CT molecular complexity index is 1330. The summed E-state index contributed by atoms with van der Waals surface area (Å²) in [7, 11) is 0. The second-order valence-electron chi connectivity index (χ2n) is 7.72. The summed E-state index contributed by atoms with van der Waals surface area (Å²) in [5, 5.41) is 1.85. The van der Waals surface area contributed by atoms with E-state index in [1.807, 2.05) is 67.6 Å². The summed E-state index contributed by atoms with van der Waals surface area (Å²) in [6, 6.07) is 22.2. The zero-order chi connectivity index (χ0) is 22.8. The van der Waals surface area contributed by atoms with E-state index in [1.54, 1.807) is 16.7 Å². The summed E-state index contributed by atoms with van der Waals surface area (Å²) < 4.78 is 1.64. The van der Waals surface area contributed by atoms with Gasteiger partial charge in [-0.2, -0.15) is 4.98 Å². The van der Waals surface area contributed by atoms with E-state index in [0.29, 0.717) is 27.4 Å². The molecule has 1 heterocycles. The Morgan fingerprint density at radius 1 is 0.969 bits per heavy atom. The van der Waals surface area contributed by atoms with E-state index in [1.165, 1.54) is 0 Å². The van der Waals surface area contributed by atoms with Crippen molar-refractivity contribution in [3.63, 3.8) is 0 Å². The molecule has 5 nitrogen and oxygen atoms in total. The van der Waals surface area contributed by atoms with Crippen LogP contribution in [0.25, 0.3) is 10.9 Å². The zero-order valence-corrected chi connectivity index (χ0v) is 18.8. The van der Waals surface area contributed by atoms with Gasteiger partial charge in [0.05, 0.1) is 5.52 Å². The van der Waals surface area contributed by atoms with E-state index < -0.39 is 11.6 Å². The third kappa shape index (κ3) is 4.40. The molecule has 7 heteroatoms. The van der Waals surface area contributed by atoms with Gasteiger partial charge in [0.1, 0.15) is 5.69 Å². The van der Waals surface area contributed by atoms with Crippen LogP contribution in [0.1, 0.15) is 40.5 Å². The fraction of sp³-hybridized carbons (Fsp3) is 0.160. The molecule has 0 aliphatic heterocycles. The molecule has 2 N–H and O–H groups in total. The number of nitrogens with two attached hydrogens (primary N) is 1. The van der Waals surface area contributed by atoms with Crippen LogP contribution in [0.3, 0.4) is 0 Å². The number of para-hydroxylation sites is 1. The highest BCUT2D eigenvalue weighted by Crippen LogP contribution is 2.34. The van der Waals surface area contributed by atoms with Crippen molar-refractivity contribution in [2.45, 2.75) is 25.3 Å². The number of hydrogen-bond acceptors (Lipinski definition) is 3. The summed E-state index contributed by atoms with van der Waals surface area (Å²) in [6.07, 6.45) is 0.665. The molecule has 2 atom stereocenters. The van der Waals surface area contributed by atoms with E-state index in [0.717, 1.165) is 11.1 Å². The third-order valence-corrected chi connectivity index (χ3v) is 6.23. The molecule has 4 rings (SSSR count). The van der Waals surface area contributed by atoms with Gasteiger partial charge in [-0.15, -0.1) is 0 Å². The minimum absolute atomic E-state index is 0.0187. The van der Waals surface area contributed by atoms with Gasteiger partial charge in [0.25, 0.3) is 5.91 Å². The lowest BCUT2D eigenvalue weighted by atomic mass is 9.86. The lowest BCUT2D eigenvalue weighted by molar-refractivity contribution is 0.0996. The molecule has 0 bridgehead atoms. The van der Waals surface area contributed by atoms with Crippen molar-refractivity contribution in [1.82, 2.24) is 9.55 Å². The maximum atomic E-state index is 13.1. The van der Waals surface area contributed by atoms with Crippen LogP contribution in [0.4, 0.5) is 0 Å². The molecule has 0 saturated heterocycles. The second-order valence-corrected chi connectivity index (χ2v) is 8.60. The number of aromatic nitrogens is 2. The average Bonchev–Trinajstić information content (AvgIpc) is 2.78. The van der Waals surface area contributed by atoms with Crippen LogP contribution in [0.5, 0.6) is 0 Å². The first kappa shape index (κ1) is 22.1. The Morgan fingerprint density at radius 3 is 2.19 bits per heavy atom. The lowest BCUT2D eigenvalue weighted by Gasteiger charge is -2.28. The quantitative estimate of drug-likeness (QED) is 0.414. The smallest absolute Gasteiger partial charge is 0.349 e. The Morgan fingerprint density at radius 2 is 1.56 bits per heavy atom. The minimum atomic E-state index is -0.728. The predicted octanol–water partition coefficient (Wildman–Crippen LogP) is 5.39. The Balaban J connectivity index is 1.87. The van der Waals surface area contributed by atoms with Crippen molar-refractivity contribution in [3.8, 4) is 0 Å². The van der Waals surface area contributed by atoms with Crippen LogP contribution in [0, 0.1) is 0 Å². The van der Waals surface area contributed by atoms with Gasteiger partial charge in [-0.1, -0.05) is 65.7 Å². The van der Waals surface area contributed by atoms with Crippen molar-refractivity contribution in [3.05, 3.63) is 110 Å². The van der Waals surface area contributed by atoms with Gasteiger partial charge in [-0.25, -0.2) is 4.79 Å². The molecule has 4 aromatic rings. The molecule has 162 valence electrons. The minimum Gasteiger partial charge on any atom is -0.364 e. The van der Waals surface area contributed by atoms with Crippen LogP contribution in [0.2, 0.25) is 10.0 Å². The van der Waals surface area contributed by atoms with Crippen LogP contribution >= 0.6 is 23.2 Å². The normalized spacial score (nSPS) is 13.1. The van der Waals surface area contributed by atoms with Crippen LogP contribution in [-0.4, -0.2) is 15.5 Å². The molecule has 1 aromatic heterocycles. The van der Waals surface area contributed by atoms with E-state index in [9.17, 15) is 9.59 Å². The number of primary amides is 1. The summed E-state index contributed by atoms with van der Waals surface area (Å²) in [4.78, 5) is 29.0. The number of benzene rings is 3. The average molecular weight is 466 g/mol. The number of rotatable bonds is 6. The Kier molecular flexibility index (Phi) is 6.31. The molecule has 0 aliphatic carbocycles. The monoisotopic (exact) mass is 465 g/mol. The van der Waals surface area contributed by atoms with E-state index >= 15 is 0 Å². The number of amides is 1. The fourth-order valence-electron chi connectivity index (χ4n) is 4.11. The van der Waals surface area contributed by atoms with Crippen LogP contribution in [0.15, 0.2) is 77.6 Å². The number of carbonyl (C=O) groups is 1. The van der Waals surface area contributed by atoms with Crippen molar-refractivity contribution < 1.29 is 4.79 Å².